The summed E-state index contributed by atoms with van der Waals surface area (Å²) < 4.78 is 68.4. The highest BCUT2D eigenvalue weighted by atomic mass is 35.5. The van der Waals surface area contributed by atoms with E-state index in [-0.39, 0.29) is 100 Å². The zero-order valence-corrected chi connectivity index (χ0v) is 76.5. The molecule has 7 heterocycles. The van der Waals surface area contributed by atoms with Gasteiger partial charge in [-0.25, -0.2) is 17.9 Å². The molecular weight excluding hydrogens is 1770 g/mol. The number of aliphatic hydroxyl groups excluding tert-OH is 6. The van der Waals surface area contributed by atoms with Gasteiger partial charge in [0.05, 0.1) is 47.6 Å². The highest BCUT2D eigenvalue weighted by Crippen LogP contribution is 2.55. The van der Waals surface area contributed by atoms with E-state index in [9.17, 15) is 68.8 Å². The lowest BCUT2D eigenvalue weighted by atomic mass is 9.54. The smallest absolute Gasteiger partial charge is 0.321 e. The molecule has 5 saturated carbocycles. The minimum Gasteiger partial charge on any atom is -0.507 e. The number of unbranched alkanes of at least 4 members (excludes halogenated alkanes) is 5. The molecule has 10 amide bonds. The molecule has 5 aromatic rings. The van der Waals surface area contributed by atoms with Crippen LogP contribution < -0.4 is 83.2 Å². The van der Waals surface area contributed by atoms with Crippen LogP contribution >= 0.6 is 11.6 Å². The van der Waals surface area contributed by atoms with Gasteiger partial charge in [0, 0.05) is 54.8 Å². The monoisotopic (exact) mass is 1890 g/mol. The second-order valence-corrected chi connectivity index (χ2v) is 39.8. The van der Waals surface area contributed by atoms with Crippen molar-refractivity contribution in [1.29, 1.82) is 0 Å². The normalized spacial score (nSPS) is 30.0. The fourth-order valence-electron chi connectivity index (χ4n) is 19.6. The standard InChI is InChI=1S/C92H122ClN13O26S/c1-8-9-10-11-12-13-24-133(125,126)97-23-22-96-39-55-60(109)36-54-68(77(55)113)53-32-46(14-19-59(53)108)70-85(119)106-74(89(123)104-72(54)87(121)101-69-49-28-44-27-45(30-49)31-50(69)29-44)76(112)48-16-21-62(56(93)33-48)129-64-35-51-34-63(80(64)132-90-81(79(115)78(114)65(40-107)130-90)131-67-38-92(6,94)82(116)43(5)127-67)128-61-20-15-47(26-42(61)4)75(111)73(105-83(117)57(95-7)25-41(2)3)88(122)99-58(84(118)102-71(51)86(120)103-70)37-66(110)100-91(124)98-52-17-18-52/h14-16,19-21,26,32-36,41,43-45,49-50,52,57-58,65,67,69-76,78-79,81-82,90,95-97,107-109,111-116H,8-13,17-18,22-25,27-31,37-40,94H2,1-7H3,(H,99,122)(H,101,121)(H,102,118)(H,103,120)(H,104,123)(H,105,117)(H,106,119)(H2,98,100,110,124)/t43-,44?,45?,49?,50?,57+,58-,65+,67-,69?,70+,71+,72-,73+,74-,75+,76+,78+,79-,81+,82+,90-,92-/m0/s1. The Bertz CT molecular complexity index is 5270. The largest absolute Gasteiger partial charge is 0.507 e. The Hall–Kier alpha value is -10.2. The average Bonchev–Trinajstić information content (AvgIpc) is 1.75. The predicted molar refractivity (Wildman–Crippen MR) is 478 cm³/mol. The molecule has 12 aliphatic rings. The second kappa shape index (κ2) is 42.0. The zero-order chi connectivity index (χ0) is 95.5. The third-order valence-electron chi connectivity index (χ3n) is 26.7. The van der Waals surface area contributed by atoms with E-state index >= 15 is 28.8 Å². The van der Waals surface area contributed by atoms with Gasteiger partial charge in [0.15, 0.2) is 23.9 Å². The van der Waals surface area contributed by atoms with Crippen molar-refractivity contribution in [3.05, 3.63) is 117 Å². The maximum Gasteiger partial charge on any atom is 0.321 e. The molecule has 0 spiro atoms. The van der Waals surface area contributed by atoms with E-state index in [1.807, 2.05) is 13.8 Å². The number of aryl methyl sites for hydroxylation is 1. The van der Waals surface area contributed by atoms with Gasteiger partial charge in [-0.15, -0.1) is 0 Å². The molecule has 7 aliphatic heterocycles. The Labute approximate surface area is 774 Å². The van der Waals surface area contributed by atoms with Gasteiger partial charge < -0.3 is 133 Å². The Balaban J connectivity index is 0.953. The maximum absolute atomic E-state index is 16.8. The minimum atomic E-state index is -3.76. The molecule has 39 nitrogen and oxygen atoms in total. The third-order valence-corrected chi connectivity index (χ3v) is 28.5. The van der Waals surface area contributed by atoms with Crippen molar-refractivity contribution in [3.8, 4) is 57.1 Å². The van der Waals surface area contributed by atoms with E-state index in [1.165, 1.54) is 58.2 Å². The first-order valence-corrected chi connectivity index (χ1v) is 47.7. The van der Waals surface area contributed by atoms with Crippen LogP contribution in [0.3, 0.4) is 0 Å². The summed E-state index contributed by atoms with van der Waals surface area (Å²) in [5, 5.41) is 139. The lowest BCUT2D eigenvalue weighted by Gasteiger charge is -2.54. The number of carbonyl (C=O) groups excluding carboxylic acids is 9. The third kappa shape index (κ3) is 22.8. The van der Waals surface area contributed by atoms with Crippen LogP contribution in [0.1, 0.15) is 207 Å². The Morgan fingerprint density at radius 2 is 1.34 bits per heavy atom. The molecule has 17 rings (SSSR count). The quantitative estimate of drug-likeness (QED) is 0.0319. The molecule has 0 unspecified atom stereocenters. The van der Waals surface area contributed by atoms with Crippen molar-refractivity contribution in [2.24, 2.45) is 35.3 Å². The molecule has 15 bridgehead atoms. The fourth-order valence-corrected chi connectivity index (χ4v) is 21.0. The number of phenols is 3. The van der Waals surface area contributed by atoms with Gasteiger partial charge in [-0.2, -0.15) is 0 Å². The number of carbonyl (C=O) groups is 9. The van der Waals surface area contributed by atoms with Crippen molar-refractivity contribution in [3.63, 3.8) is 0 Å². The lowest BCUT2D eigenvalue weighted by Crippen LogP contribution is -2.64. The molecule has 5 aliphatic carbocycles. The fraction of sp³-hybridized carbons (Fsp3) is 0.576. The molecular formula is C92H122ClN13O26S. The Morgan fingerprint density at radius 1 is 0.692 bits per heavy atom. The number of aliphatic hydroxyl groups is 6. The van der Waals surface area contributed by atoms with Crippen LogP contribution in [0.25, 0.3) is 11.1 Å². The first-order valence-electron chi connectivity index (χ1n) is 45.6. The van der Waals surface area contributed by atoms with E-state index < -0.39 is 254 Å². The number of likely N-dealkylation sites (N-methyl/N-ethyl adjacent to an activating group) is 1. The van der Waals surface area contributed by atoms with Crippen LogP contribution in [0.4, 0.5) is 4.79 Å². The van der Waals surface area contributed by atoms with Gasteiger partial charge >= 0.3 is 6.03 Å². The van der Waals surface area contributed by atoms with Gasteiger partial charge in [-0.3, -0.25) is 43.7 Å². The number of hydrogen-bond donors (Lipinski definition) is 22. The van der Waals surface area contributed by atoms with E-state index in [0.717, 1.165) is 100 Å². The molecule has 41 heteroatoms. The summed E-state index contributed by atoms with van der Waals surface area (Å²) in [6.45, 7) is 8.64. The molecule has 18 atom stereocenters. The summed E-state index contributed by atoms with van der Waals surface area (Å²) in [4.78, 5) is 139. The van der Waals surface area contributed by atoms with E-state index in [4.69, 9.17) is 45.8 Å². The van der Waals surface area contributed by atoms with Crippen molar-refractivity contribution in [2.75, 3.05) is 32.5 Å². The topological polar surface area (TPSA) is 596 Å². The predicted octanol–water partition coefficient (Wildman–Crippen LogP) is 3.49. The first kappa shape index (κ1) is 98.8. The number of sulfonamides is 1. The van der Waals surface area contributed by atoms with Crippen LogP contribution in [0.5, 0.6) is 46.0 Å². The number of halogens is 1. The van der Waals surface area contributed by atoms with Crippen LogP contribution in [0, 0.1) is 36.5 Å². The van der Waals surface area contributed by atoms with Crippen LogP contribution in [-0.2, 0) is 69.1 Å². The number of phenolic OH excluding ortho intramolecular Hbond substituents is 3. The van der Waals surface area contributed by atoms with Crippen molar-refractivity contribution in [1.82, 2.24) is 63.2 Å². The molecule has 0 radical (unpaired) electrons. The SMILES string of the molecule is CCCCCCCCS(=O)(=O)NCCNCc1c(O)cc2c(c1O)-c1cc(ccc1O)[C@H]1NC(=O)[C@@H]3NC(=O)[C@H](CC(=O)NC(=O)NC4CC4)NC(=O)[C@H](NC(=O)[C@@H](CC(C)C)NC)[C@H](O)c4ccc(c(C)c4)Oc4cc3cc(c4O[C@@H]3O[C@H](CO)[C@@H](O)[C@H](O)[C@H]3O[C@H]3C[C@](C)(N)[C@H](O)[C@H](C)O3)Oc3ccc(cc3Cl)[C@@H](O)[C@H](NC1=O)C(=O)N[C@@H]2C(=O)NC1C2CC3CC(C2)CC1C3. The molecule has 7 fully saturated rings. The first-order chi connectivity index (χ1) is 63.3. The van der Waals surface area contributed by atoms with E-state index in [1.54, 1.807) is 0 Å². The average molecular weight is 1890 g/mol. The number of rotatable bonds is 28. The number of nitrogens with two attached hydrogens (primary N) is 1. The zero-order valence-electron chi connectivity index (χ0n) is 75.0. The van der Waals surface area contributed by atoms with Gasteiger partial charge in [0.2, 0.25) is 69.3 Å². The number of benzene rings is 5. The van der Waals surface area contributed by atoms with Gasteiger partial charge in [-0.05, 0) is 203 Å². The van der Waals surface area contributed by atoms with Crippen LogP contribution in [-0.4, -0.2) is 231 Å². The lowest BCUT2D eigenvalue weighted by molar-refractivity contribution is -0.333. The van der Waals surface area contributed by atoms with Crippen molar-refractivity contribution in [2.45, 2.75) is 272 Å². The molecule has 2 saturated heterocycles. The van der Waals surface area contributed by atoms with E-state index in [0.29, 0.717) is 37.5 Å². The molecule has 5 aromatic carbocycles. The van der Waals surface area contributed by atoms with Crippen LogP contribution in [0.2, 0.25) is 5.02 Å². The van der Waals surface area contributed by atoms with Gasteiger partial charge in [0.25, 0.3) is 0 Å². The number of aromatic hydroxyl groups is 3. The number of ether oxygens (including phenoxy) is 6. The summed E-state index contributed by atoms with van der Waals surface area (Å²) in [6, 6.07) is -1.93. The molecule has 724 valence electrons. The number of nitrogens with one attached hydrogen (secondary N) is 12. The van der Waals surface area contributed by atoms with Crippen molar-refractivity contribution < 1.29 is 126 Å². The van der Waals surface area contributed by atoms with Crippen LogP contribution in [0.15, 0.2) is 72.8 Å². The number of urea groups is 1. The summed E-state index contributed by atoms with van der Waals surface area (Å²) >= 11 is 7.35. The van der Waals surface area contributed by atoms with Crippen molar-refractivity contribution >= 4 is 74.9 Å². The number of fused-ring (bicyclic) bond motifs is 15. The number of imide groups is 1. The number of hydrogen-bond acceptors (Lipinski definition) is 29. The molecule has 23 N–H and O–H groups in total. The molecule has 0 aromatic heterocycles. The highest BCUT2D eigenvalue weighted by molar-refractivity contribution is 7.89. The van der Waals surface area contributed by atoms with Gasteiger partial charge in [-0.1, -0.05) is 82.7 Å². The summed E-state index contributed by atoms with van der Waals surface area (Å²) in [5.74, 6) is -13.7. The molecule has 133 heavy (non-hydrogen) atoms. The number of amides is 10. The Morgan fingerprint density at radius 3 is 1.99 bits per heavy atom. The van der Waals surface area contributed by atoms with Gasteiger partial charge in [0.1, 0.15) is 95.5 Å². The summed E-state index contributed by atoms with van der Waals surface area (Å²) in [5.41, 5.74) is 2.73. The summed E-state index contributed by atoms with van der Waals surface area (Å²) in [6.07, 6.45) is -8.39. The maximum atomic E-state index is 16.8. The summed E-state index contributed by atoms with van der Waals surface area (Å²) in [7, 11) is -2.27. The second-order valence-electron chi connectivity index (χ2n) is 37.4. The Kier molecular flexibility index (Phi) is 31.2. The minimum absolute atomic E-state index is 0.00531. The van der Waals surface area contributed by atoms with E-state index in [2.05, 4.69) is 70.1 Å². The highest BCUT2D eigenvalue weighted by Gasteiger charge is 2.54.